The number of amides is 2. The van der Waals surface area contributed by atoms with E-state index in [4.69, 9.17) is 24.8 Å². The molecule has 2 heterocycles. The van der Waals surface area contributed by atoms with E-state index in [1.54, 1.807) is 19.6 Å². The number of nitrogens with two attached hydrogens (primary N) is 1. The van der Waals surface area contributed by atoms with Gasteiger partial charge in [0.25, 0.3) is 19.4 Å². The van der Waals surface area contributed by atoms with Crippen molar-refractivity contribution in [2.24, 2.45) is 11.7 Å². The van der Waals surface area contributed by atoms with Crippen molar-refractivity contribution in [1.29, 1.82) is 0 Å². The summed E-state index contributed by atoms with van der Waals surface area (Å²) in [6.07, 6.45) is -0.719. The molecule has 2 saturated heterocycles. The fourth-order valence-electron chi connectivity index (χ4n) is 6.57. The molecule has 2 amide bonds. The molecule has 0 aromatic rings. The maximum atomic E-state index is 12.3. The topological polar surface area (TPSA) is 372 Å². The monoisotopic (exact) mass is 993 g/mol. The van der Waals surface area contributed by atoms with Crippen molar-refractivity contribution in [2.45, 2.75) is 20.1 Å². The Morgan fingerprint density at radius 2 is 0.725 bits per heavy atom. The molecule has 0 aromatic heterocycles. The minimum absolute atomic E-state index is 0.00742. The van der Waals surface area contributed by atoms with Crippen molar-refractivity contribution in [1.82, 2.24) is 49.8 Å². The number of ether oxygens (including phenoxy) is 3. The van der Waals surface area contributed by atoms with Gasteiger partial charge in [-0.25, -0.2) is 0 Å². The number of hydrogen-bond donors (Lipinski definition) is 7. The average Bonchev–Trinajstić information content (AvgIpc) is 3.27. The number of carbonyl (C=O) groups is 9. The highest BCUT2D eigenvalue weighted by Gasteiger charge is 2.23. The SMILES string of the molecule is CC(C)CNC(=O)CN1CCN(COC=O)CCN(CC(=O)O)CCN(CC(=O)O)CC1.NC(CNC(=O)CN1CCN(COC=O)CCN(CC(=O)O)CCN(CC(=O)O)CC1)OC=O.O=C=O. The fourth-order valence-corrected chi connectivity index (χ4v) is 6.57. The molecule has 2 fully saturated rings. The Kier molecular flexibility index (Phi) is 35.9. The number of hydrogen-bond acceptors (Lipinski definition) is 23. The summed E-state index contributed by atoms with van der Waals surface area (Å²) in [5, 5.41) is 42.3. The third-order valence-electron chi connectivity index (χ3n) is 10.1. The minimum atomic E-state index is -1.01. The van der Waals surface area contributed by atoms with Gasteiger partial charge >= 0.3 is 30.0 Å². The number of nitrogens with one attached hydrogen (secondary N) is 2. The van der Waals surface area contributed by atoms with Gasteiger partial charge in [-0.3, -0.25) is 88.1 Å². The van der Waals surface area contributed by atoms with Crippen LogP contribution in [0.4, 0.5) is 0 Å². The Morgan fingerprint density at radius 3 is 0.957 bits per heavy atom. The molecule has 0 saturated carbocycles. The van der Waals surface area contributed by atoms with Crippen molar-refractivity contribution in [3.8, 4) is 0 Å². The smallest absolute Gasteiger partial charge is 0.373 e. The molecular formula is C40H71N11O18. The van der Waals surface area contributed by atoms with Crippen molar-refractivity contribution >= 4 is 61.3 Å². The molecule has 1 unspecified atom stereocenters. The molecule has 1 atom stereocenters. The third kappa shape index (κ3) is 36.0. The summed E-state index contributed by atoms with van der Waals surface area (Å²) < 4.78 is 14.3. The van der Waals surface area contributed by atoms with Gasteiger partial charge in [0.05, 0.1) is 45.8 Å². The van der Waals surface area contributed by atoms with E-state index in [-0.39, 0.29) is 83.7 Å². The van der Waals surface area contributed by atoms with Gasteiger partial charge in [-0.15, -0.1) is 0 Å². The van der Waals surface area contributed by atoms with Crippen LogP contribution in [0.15, 0.2) is 0 Å². The number of carbonyl (C=O) groups excluding carboxylic acids is 7. The predicted molar refractivity (Wildman–Crippen MR) is 237 cm³/mol. The first-order chi connectivity index (χ1) is 32.8. The van der Waals surface area contributed by atoms with Crippen LogP contribution in [0.1, 0.15) is 13.8 Å². The number of carboxylic acid groups (broad SMARTS) is 4. The van der Waals surface area contributed by atoms with E-state index in [2.05, 4.69) is 15.4 Å². The minimum Gasteiger partial charge on any atom is -0.480 e. The van der Waals surface area contributed by atoms with Crippen molar-refractivity contribution in [3.05, 3.63) is 0 Å². The van der Waals surface area contributed by atoms with E-state index in [0.717, 1.165) is 0 Å². The molecule has 0 aromatic carbocycles. The Hall–Kier alpha value is -5.75. The molecule has 394 valence electrons. The number of nitrogens with zero attached hydrogens (tertiary/aromatic N) is 8. The molecule has 2 aliphatic rings. The molecule has 2 aliphatic heterocycles. The molecule has 0 bridgehead atoms. The first-order valence-electron chi connectivity index (χ1n) is 22.0. The van der Waals surface area contributed by atoms with Crippen LogP contribution in [0, 0.1) is 5.92 Å². The highest BCUT2D eigenvalue weighted by Crippen LogP contribution is 2.04. The van der Waals surface area contributed by atoms with Crippen LogP contribution in [-0.4, -0.2) is 298 Å². The second-order valence-electron chi connectivity index (χ2n) is 16.1. The zero-order chi connectivity index (χ0) is 52.0. The van der Waals surface area contributed by atoms with E-state index in [1.807, 2.05) is 33.4 Å². The molecule has 0 aliphatic carbocycles. The lowest BCUT2D eigenvalue weighted by Gasteiger charge is -2.33. The van der Waals surface area contributed by atoms with Crippen molar-refractivity contribution in [2.75, 3.05) is 171 Å². The Bertz CT molecular complexity index is 1580. The van der Waals surface area contributed by atoms with Gasteiger partial charge in [-0.05, 0) is 5.92 Å². The fraction of sp³-hybridized carbons (Fsp3) is 0.750. The van der Waals surface area contributed by atoms with Crippen LogP contribution in [0.3, 0.4) is 0 Å². The van der Waals surface area contributed by atoms with Crippen molar-refractivity contribution < 1.29 is 87.4 Å². The van der Waals surface area contributed by atoms with Gasteiger partial charge in [0, 0.05) is 111 Å². The molecule has 69 heavy (non-hydrogen) atoms. The number of carboxylic acids is 4. The van der Waals surface area contributed by atoms with E-state index < -0.39 is 30.1 Å². The van der Waals surface area contributed by atoms with Crippen LogP contribution < -0.4 is 16.4 Å². The Morgan fingerprint density at radius 1 is 0.478 bits per heavy atom. The Balaban J connectivity index is 0.00000127. The number of rotatable bonds is 24. The molecule has 8 N–H and O–H groups in total. The summed E-state index contributed by atoms with van der Waals surface area (Å²) >= 11 is 0. The summed E-state index contributed by atoms with van der Waals surface area (Å²) in [4.78, 5) is 132. The van der Waals surface area contributed by atoms with Crippen LogP contribution >= 0.6 is 0 Å². The molecular weight excluding hydrogens is 922 g/mol. The summed E-state index contributed by atoms with van der Waals surface area (Å²) in [5.41, 5.74) is 5.52. The highest BCUT2D eigenvalue weighted by molar-refractivity contribution is 5.78. The lowest BCUT2D eigenvalue weighted by Crippen LogP contribution is -2.50. The first kappa shape index (κ1) is 63.2. The lowest BCUT2D eigenvalue weighted by molar-refractivity contribution is -0.192. The van der Waals surface area contributed by atoms with Crippen LogP contribution in [0.5, 0.6) is 0 Å². The normalized spacial score (nSPS) is 17.9. The maximum Gasteiger partial charge on any atom is 0.373 e. The predicted octanol–water partition coefficient (Wildman–Crippen LogP) is -6.22. The Labute approximate surface area is 400 Å². The highest BCUT2D eigenvalue weighted by atomic mass is 16.5. The van der Waals surface area contributed by atoms with E-state index in [0.29, 0.717) is 130 Å². The summed E-state index contributed by atoms with van der Waals surface area (Å²) in [6.45, 7) is 11.4. The van der Waals surface area contributed by atoms with Crippen LogP contribution in [0.2, 0.25) is 0 Å². The van der Waals surface area contributed by atoms with E-state index in [1.165, 1.54) is 0 Å². The average molecular weight is 994 g/mol. The quantitative estimate of drug-likeness (QED) is 0.0269. The van der Waals surface area contributed by atoms with Gasteiger partial charge in [0.15, 0.2) is 6.23 Å². The maximum absolute atomic E-state index is 12.3. The summed E-state index contributed by atoms with van der Waals surface area (Å²) in [6, 6.07) is 0. The zero-order valence-corrected chi connectivity index (χ0v) is 39.4. The second kappa shape index (κ2) is 39.1. The molecule has 2 rings (SSSR count). The lowest BCUT2D eigenvalue weighted by atomic mass is 10.2. The largest absolute Gasteiger partial charge is 0.480 e. The zero-order valence-electron chi connectivity index (χ0n) is 39.4. The summed E-state index contributed by atoms with van der Waals surface area (Å²) in [7, 11) is 0. The summed E-state index contributed by atoms with van der Waals surface area (Å²) in [5.74, 6) is -4.05. The van der Waals surface area contributed by atoms with Crippen molar-refractivity contribution in [3.63, 3.8) is 0 Å². The van der Waals surface area contributed by atoms with Crippen LogP contribution in [0.25, 0.3) is 0 Å². The van der Waals surface area contributed by atoms with Gasteiger partial charge in [-0.2, -0.15) is 9.59 Å². The molecule has 0 spiro atoms. The molecule has 0 radical (unpaired) electrons. The van der Waals surface area contributed by atoms with Gasteiger partial charge in [0.2, 0.25) is 11.8 Å². The number of aliphatic carboxylic acids is 4. The van der Waals surface area contributed by atoms with Gasteiger partial charge in [-0.1, -0.05) is 13.8 Å². The first-order valence-corrected chi connectivity index (χ1v) is 22.0. The standard InChI is InChI=1S/C20H37N5O7.C19H34N6O9.CO2/c1-17(2)11-21-18(27)12-22-3-4-23(13-19(28)29)5-6-24(14-20(30)31)8-10-25(9-7-22)15-32-16-26;20-16(34-15-27)9-21-17(28)10-22-1-2-23(11-18(29)30)3-4-24(12-19(31)32)6-8-25(7-5-22)13-33-14-26;2-1-3/h16-17H,3-15H2,1-2H3,(H,21,27)(H,28,29)(H,30,31);14-16H,1-13,20H2,(H,21,28)(H,29,30)(H,31,32);. The van der Waals surface area contributed by atoms with Gasteiger partial charge < -0.3 is 45.3 Å². The molecule has 29 nitrogen and oxygen atoms in total. The van der Waals surface area contributed by atoms with Gasteiger partial charge in [0.1, 0.15) is 13.5 Å². The third-order valence-corrected chi connectivity index (χ3v) is 10.1. The van der Waals surface area contributed by atoms with E-state index in [9.17, 15) is 63.6 Å². The van der Waals surface area contributed by atoms with E-state index >= 15 is 0 Å². The molecule has 29 heteroatoms. The van der Waals surface area contributed by atoms with Crippen LogP contribution in [-0.2, 0) is 67.0 Å². The second-order valence-corrected chi connectivity index (χ2v) is 16.1.